The molecule has 0 unspecified atom stereocenters. The van der Waals surface area contributed by atoms with Crippen LogP contribution >= 0.6 is 0 Å². The van der Waals surface area contributed by atoms with E-state index in [9.17, 15) is 0 Å². The van der Waals surface area contributed by atoms with Crippen molar-refractivity contribution in [3.05, 3.63) is 120 Å². The summed E-state index contributed by atoms with van der Waals surface area (Å²) in [5.74, 6) is 1.59. The molecule has 0 saturated heterocycles. The van der Waals surface area contributed by atoms with Crippen molar-refractivity contribution in [2.45, 2.75) is 13.2 Å². The van der Waals surface area contributed by atoms with Crippen LogP contribution in [-0.2, 0) is 13.2 Å². The highest BCUT2D eigenvalue weighted by Crippen LogP contribution is 2.31. The normalized spacial score (nSPS) is 10.8. The molecule has 4 nitrogen and oxygen atoms in total. The first-order valence-electron chi connectivity index (χ1n) is 10.6. The molecular formula is C28H22N2O2. The molecule has 5 aromatic rings. The van der Waals surface area contributed by atoms with Crippen LogP contribution in [-0.4, -0.2) is 9.97 Å². The van der Waals surface area contributed by atoms with E-state index >= 15 is 0 Å². The van der Waals surface area contributed by atoms with Crippen molar-refractivity contribution in [1.82, 2.24) is 9.97 Å². The van der Waals surface area contributed by atoms with E-state index in [1.807, 2.05) is 91.0 Å². The molecule has 0 aliphatic carbocycles. The van der Waals surface area contributed by atoms with E-state index in [4.69, 9.17) is 14.5 Å². The molecule has 0 atom stereocenters. The van der Waals surface area contributed by atoms with Gasteiger partial charge >= 0.3 is 0 Å². The molecule has 4 heteroatoms. The summed E-state index contributed by atoms with van der Waals surface area (Å²) in [6, 6.07) is 34.0. The molecule has 3 aromatic carbocycles. The Kier molecular flexibility index (Phi) is 5.75. The van der Waals surface area contributed by atoms with Gasteiger partial charge in [-0.1, -0.05) is 60.7 Å². The number of rotatable bonds is 7. The second-order valence-corrected chi connectivity index (χ2v) is 7.41. The first-order chi connectivity index (χ1) is 15.9. The molecule has 0 saturated carbocycles. The Balaban J connectivity index is 1.36. The summed E-state index contributed by atoms with van der Waals surface area (Å²) >= 11 is 0. The third kappa shape index (κ3) is 4.44. The number of fused-ring (bicyclic) bond motifs is 1. The van der Waals surface area contributed by atoms with Crippen molar-refractivity contribution in [2.75, 3.05) is 0 Å². The zero-order valence-electron chi connectivity index (χ0n) is 17.5. The summed E-state index contributed by atoms with van der Waals surface area (Å²) in [6.45, 7) is 0.913. The van der Waals surface area contributed by atoms with Crippen LogP contribution in [0.4, 0.5) is 0 Å². The Bertz CT molecular complexity index is 1340. The fourth-order valence-electron chi connectivity index (χ4n) is 3.56. The largest absolute Gasteiger partial charge is 0.488 e. The van der Waals surface area contributed by atoms with E-state index in [2.05, 4.69) is 17.1 Å². The fraction of sp³-hybridized carbons (Fsp3) is 0.0714. The molecule has 0 aliphatic rings. The van der Waals surface area contributed by atoms with E-state index in [1.165, 1.54) is 0 Å². The molecular weight excluding hydrogens is 396 g/mol. The van der Waals surface area contributed by atoms with Gasteiger partial charge in [-0.25, -0.2) is 9.97 Å². The second kappa shape index (κ2) is 9.31. The zero-order chi connectivity index (χ0) is 21.6. The lowest BCUT2D eigenvalue weighted by molar-refractivity contribution is 0.274. The van der Waals surface area contributed by atoms with Crippen LogP contribution < -0.4 is 9.47 Å². The molecule has 32 heavy (non-hydrogen) atoms. The van der Waals surface area contributed by atoms with E-state index in [1.54, 1.807) is 6.20 Å². The highest BCUT2D eigenvalue weighted by atomic mass is 16.5. The molecule has 0 spiro atoms. The minimum Gasteiger partial charge on any atom is -0.488 e. The average Bonchev–Trinajstić information content (AvgIpc) is 2.87. The zero-order valence-corrected chi connectivity index (χ0v) is 17.5. The fourth-order valence-corrected chi connectivity index (χ4v) is 3.56. The molecule has 0 radical (unpaired) electrons. The summed E-state index contributed by atoms with van der Waals surface area (Å²) in [6.07, 6.45) is 1.76. The predicted octanol–water partition coefficient (Wildman–Crippen LogP) is 6.45. The van der Waals surface area contributed by atoms with Crippen molar-refractivity contribution in [3.63, 3.8) is 0 Å². The van der Waals surface area contributed by atoms with Gasteiger partial charge < -0.3 is 9.47 Å². The number of benzene rings is 3. The lowest BCUT2D eigenvalue weighted by Gasteiger charge is -2.14. The Hall–Kier alpha value is -4.18. The maximum absolute atomic E-state index is 6.24. The van der Waals surface area contributed by atoms with Gasteiger partial charge in [-0.15, -0.1) is 0 Å². The summed E-state index contributed by atoms with van der Waals surface area (Å²) in [5.41, 5.74) is 4.61. The van der Waals surface area contributed by atoms with Crippen molar-refractivity contribution in [2.24, 2.45) is 0 Å². The van der Waals surface area contributed by atoms with Gasteiger partial charge in [0, 0.05) is 22.7 Å². The summed E-state index contributed by atoms with van der Waals surface area (Å²) in [5, 5.41) is 1.01. The number of ether oxygens (including phenoxy) is 2. The number of hydrogen-bond acceptors (Lipinski definition) is 4. The van der Waals surface area contributed by atoms with Gasteiger partial charge in [0.15, 0.2) is 5.65 Å². The molecule has 2 heterocycles. The standard InChI is InChI=1S/C28H22N2O2/c1-2-9-21(10-3-1)19-31-26-14-6-4-11-23(26)20-32-27-15-7-5-13-24(27)25-17-16-22-12-8-18-29-28(22)30-25/h1-18H,19-20H2. The SMILES string of the molecule is c1ccc(COc2ccccc2COc2ccccc2-c2ccc3cccnc3n2)cc1. The van der Waals surface area contributed by atoms with Gasteiger partial charge in [-0.2, -0.15) is 0 Å². The first-order valence-corrected chi connectivity index (χ1v) is 10.6. The predicted molar refractivity (Wildman–Crippen MR) is 127 cm³/mol. The number of nitrogens with zero attached hydrogens (tertiary/aromatic N) is 2. The van der Waals surface area contributed by atoms with Gasteiger partial charge in [0.2, 0.25) is 0 Å². The van der Waals surface area contributed by atoms with E-state index < -0.39 is 0 Å². The summed E-state index contributed by atoms with van der Waals surface area (Å²) in [7, 11) is 0. The Morgan fingerprint density at radius 2 is 1.34 bits per heavy atom. The summed E-state index contributed by atoms with van der Waals surface area (Å²) < 4.78 is 12.3. The van der Waals surface area contributed by atoms with Crippen molar-refractivity contribution < 1.29 is 9.47 Å². The topological polar surface area (TPSA) is 44.2 Å². The van der Waals surface area contributed by atoms with Crippen molar-refractivity contribution >= 4 is 11.0 Å². The van der Waals surface area contributed by atoms with Gasteiger partial charge in [-0.3, -0.25) is 0 Å². The lowest BCUT2D eigenvalue weighted by atomic mass is 10.1. The number of para-hydroxylation sites is 2. The van der Waals surface area contributed by atoms with Gasteiger partial charge in [0.25, 0.3) is 0 Å². The highest BCUT2D eigenvalue weighted by Gasteiger charge is 2.10. The Morgan fingerprint density at radius 1 is 0.594 bits per heavy atom. The maximum atomic E-state index is 6.24. The minimum atomic E-state index is 0.397. The molecule has 0 fully saturated rings. The molecule has 0 amide bonds. The van der Waals surface area contributed by atoms with Crippen LogP contribution in [0.25, 0.3) is 22.3 Å². The average molecular weight is 418 g/mol. The second-order valence-electron chi connectivity index (χ2n) is 7.41. The van der Waals surface area contributed by atoms with E-state index in [0.29, 0.717) is 13.2 Å². The molecule has 2 aromatic heterocycles. The van der Waals surface area contributed by atoms with Crippen LogP contribution in [0.5, 0.6) is 11.5 Å². The number of pyridine rings is 2. The Labute approximate surface area is 187 Å². The Morgan fingerprint density at radius 3 is 2.25 bits per heavy atom. The molecule has 156 valence electrons. The quantitative estimate of drug-likeness (QED) is 0.304. The molecule has 0 bridgehead atoms. The van der Waals surface area contributed by atoms with Crippen LogP contribution in [0.2, 0.25) is 0 Å². The highest BCUT2D eigenvalue weighted by molar-refractivity contribution is 5.79. The van der Waals surface area contributed by atoms with Crippen LogP contribution in [0.1, 0.15) is 11.1 Å². The van der Waals surface area contributed by atoms with Crippen LogP contribution in [0, 0.1) is 0 Å². The molecule has 5 rings (SSSR count). The molecule has 0 aliphatic heterocycles. The number of hydrogen-bond donors (Lipinski definition) is 0. The van der Waals surface area contributed by atoms with Gasteiger partial charge in [0.1, 0.15) is 24.7 Å². The smallest absolute Gasteiger partial charge is 0.159 e. The van der Waals surface area contributed by atoms with Gasteiger partial charge in [0.05, 0.1) is 5.69 Å². The van der Waals surface area contributed by atoms with Crippen molar-refractivity contribution in [1.29, 1.82) is 0 Å². The summed E-state index contributed by atoms with van der Waals surface area (Å²) in [4.78, 5) is 9.11. The van der Waals surface area contributed by atoms with Crippen LogP contribution in [0.3, 0.4) is 0 Å². The minimum absolute atomic E-state index is 0.397. The third-order valence-electron chi connectivity index (χ3n) is 5.22. The third-order valence-corrected chi connectivity index (χ3v) is 5.22. The monoisotopic (exact) mass is 418 g/mol. The van der Waals surface area contributed by atoms with Crippen LogP contribution in [0.15, 0.2) is 109 Å². The van der Waals surface area contributed by atoms with Crippen molar-refractivity contribution in [3.8, 4) is 22.8 Å². The number of aromatic nitrogens is 2. The van der Waals surface area contributed by atoms with E-state index in [-0.39, 0.29) is 0 Å². The first kappa shape index (κ1) is 19.8. The maximum Gasteiger partial charge on any atom is 0.159 e. The lowest BCUT2D eigenvalue weighted by Crippen LogP contribution is -2.02. The van der Waals surface area contributed by atoms with E-state index in [0.717, 1.165) is 44.9 Å². The molecule has 0 N–H and O–H groups in total. The van der Waals surface area contributed by atoms with Gasteiger partial charge in [-0.05, 0) is 48.0 Å².